The molecule has 3 N–H and O–H groups in total. The van der Waals surface area contributed by atoms with Crippen molar-refractivity contribution in [2.45, 2.75) is 12.6 Å². The first-order valence-corrected chi connectivity index (χ1v) is 5.09. The molecule has 18 heavy (non-hydrogen) atoms. The lowest BCUT2D eigenvalue weighted by Gasteiger charge is -2.18. The summed E-state index contributed by atoms with van der Waals surface area (Å²) in [4.78, 5) is 33.7. The third kappa shape index (κ3) is 4.22. The van der Waals surface area contributed by atoms with Crippen LogP contribution in [0.3, 0.4) is 0 Å². The van der Waals surface area contributed by atoms with Crippen molar-refractivity contribution < 1.29 is 27.6 Å². The molecule has 1 heterocycles. The average molecular weight is 267 g/mol. The molecule has 1 atom stereocenters. The fourth-order valence-electron chi connectivity index (χ4n) is 1.64. The predicted octanol–water partition coefficient (Wildman–Crippen LogP) is -1.00. The molecule has 9 heteroatoms. The SMILES string of the molecule is NC(=O)CNC(=O)C1CC(=O)N(CC(F)(F)F)C1. The second kappa shape index (κ2) is 5.23. The molecular formula is C9H12F3N3O3. The summed E-state index contributed by atoms with van der Waals surface area (Å²) >= 11 is 0. The zero-order valence-corrected chi connectivity index (χ0v) is 9.29. The van der Waals surface area contributed by atoms with Gasteiger partial charge in [-0.1, -0.05) is 0 Å². The molecule has 1 fully saturated rings. The van der Waals surface area contributed by atoms with Crippen LogP contribution in [0.1, 0.15) is 6.42 Å². The molecular weight excluding hydrogens is 255 g/mol. The zero-order chi connectivity index (χ0) is 13.9. The van der Waals surface area contributed by atoms with E-state index in [1.165, 1.54) is 0 Å². The van der Waals surface area contributed by atoms with Crippen LogP contribution in [0, 0.1) is 5.92 Å². The Morgan fingerprint density at radius 2 is 2.06 bits per heavy atom. The number of likely N-dealkylation sites (tertiary alicyclic amines) is 1. The highest BCUT2D eigenvalue weighted by Crippen LogP contribution is 2.23. The number of amides is 3. The van der Waals surface area contributed by atoms with Gasteiger partial charge >= 0.3 is 6.18 Å². The highest BCUT2D eigenvalue weighted by atomic mass is 19.4. The number of rotatable bonds is 4. The van der Waals surface area contributed by atoms with Crippen molar-refractivity contribution in [3.8, 4) is 0 Å². The highest BCUT2D eigenvalue weighted by molar-refractivity contribution is 5.91. The topological polar surface area (TPSA) is 92.5 Å². The molecule has 0 radical (unpaired) electrons. The summed E-state index contributed by atoms with van der Waals surface area (Å²) in [6, 6.07) is 0. The maximum absolute atomic E-state index is 12.1. The number of nitrogens with one attached hydrogen (secondary N) is 1. The second-order valence-electron chi connectivity index (χ2n) is 3.97. The van der Waals surface area contributed by atoms with Gasteiger partial charge in [-0.05, 0) is 0 Å². The minimum Gasteiger partial charge on any atom is -0.368 e. The summed E-state index contributed by atoms with van der Waals surface area (Å²) in [7, 11) is 0. The van der Waals surface area contributed by atoms with Crippen molar-refractivity contribution in [2.24, 2.45) is 11.7 Å². The van der Waals surface area contributed by atoms with Gasteiger partial charge in [-0.15, -0.1) is 0 Å². The van der Waals surface area contributed by atoms with Crippen LogP contribution in [0.25, 0.3) is 0 Å². The van der Waals surface area contributed by atoms with E-state index in [1.807, 2.05) is 0 Å². The first-order chi connectivity index (χ1) is 8.19. The molecule has 0 aromatic rings. The van der Waals surface area contributed by atoms with Crippen LogP contribution < -0.4 is 11.1 Å². The number of carbonyl (C=O) groups is 3. The summed E-state index contributed by atoms with van der Waals surface area (Å²) in [6.45, 7) is -2.07. The molecule has 1 aliphatic rings. The van der Waals surface area contributed by atoms with Crippen LogP contribution in [0.5, 0.6) is 0 Å². The van der Waals surface area contributed by atoms with Crippen molar-refractivity contribution in [2.75, 3.05) is 19.6 Å². The van der Waals surface area contributed by atoms with Crippen molar-refractivity contribution in [3.05, 3.63) is 0 Å². The number of nitrogens with two attached hydrogens (primary N) is 1. The summed E-state index contributed by atoms with van der Waals surface area (Å²) in [5.74, 6) is -3.02. The fourth-order valence-corrected chi connectivity index (χ4v) is 1.64. The number of alkyl halides is 3. The zero-order valence-electron chi connectivity index (χ0n) is 9.29. The van der Waals surface area contributed by atoms with Gasteiger partial charge in [-0.3, -0.25) is 14.4 Å². The van der Waals surface area contributed by atoms with Gasteiger partial charge in [-0.2, -0.15) is 13.2 Å². The van der Waals surface area contributed by atoms with E-state index in [9.17, 15) is 27.6 Å². The quantitative estimate of drug-likeness (QED) is 0.684. The van der Waals surface area contributed by atoms with Crippen LogP contribution in [-0.4, -0.2) is 48.4 Å². The third-order valence-electron chi connectivity index (χ3n) is 2.39. The molecule has 6 nitrogen and oxygen atoms in total. The van der Waals surface area contributed by atoms with Gasteiger partial charge in [-0.25, -0.2) is 0 Å². The van der Waals surface area contributed by atoms with Gasteiger partial charge in [0.1, 0.15) is 6.54 Å². The van der Waals surface area contributed by atoms with E-state index in [0.29, 0.717) is 4.90 Å². The van der Waals surface area contributed by atoms with Gasteiger partial charge in [0.25, 0.3) is 0 Å². The van der Waals surface area contributed by atoms with E-state index in [4.69, 9.17) is 5.73 Å². The molecule has 0 aromatic heterocycles. The Kier molecular flexibility index (Phi) is 4.15. The lowest BCUT2D eigenvalue weighted by Crippen LogP contribution is -2.39. The number of halogens is 3. The molecule has 1 saturated heterocycles. The van der Waals surface area contributed by atoms with Gasteiger partial charge in [0.15, 0.2) is 0 Å². The van der Waals surface area contributed by atoms with Crippen LogP contribution in [0.4, 0.5) is 13.2 Å². The Hall–Kier alpha value is -1.80. The standard InChI is InChI=1S/C9H12F3N3O3/c10-9(11,12)4-15-3-5(1-7(15)17)8(18)14-2-6(13)16/h5H,1-4H2,(H2,13,16)(H,14,18). The first kappa shape index (κ1) is 14.3. The van der Waals surface area contributed by atoms with Crippen LogP contribution >= 0.6 is 0 Å². The molecule has 0 bridgehead atoms. The van der Waals surface area contributed by atoms with E-state index in [-0.39, 0.29) is 13.0 Å². The van der Waals surface area contributed by atoms with Crippen molar-refractivity contribution in [1.29, 1.82) is 0 Å². The summed E-state index contributed by atoms with van der Waals surface area (Å²) in [5, 5.41) is 2.15. The van der Waals surface area contributed by atoms with Crippen molar-refractivity contribution >= 4 is 17.7 Å². The maximum Gasteiger partial charge on any atom is 0.406 e. The smallest absolute Gasteiger partial charge is 0.368 e. The molecule has 0 saturated carbocycles. The molecule has 1 aliphatic heterocycles. The van der Waals surface area contributed by atoms with Gasteiger partial charge in [0.2, 0.25) is 17.7 Å². The Balaban J connectivity index is 2.50. The van der Waals surface area contributed by atoms with Gasteiger partial charge in [0.05, 0.1) is 12.5 Å². The van der Waals surface area contributed by atoms with E-state index in [1.54, 1.807) is 0 Å². The van der Waals surface area contributed by atoms with Crippen LogP contribution in [0.2, 0.25) is 0 Å². The van der Waals surface area contributed by atoms with Gasteiger partial charge in [0, 0.05) is 13.0 Å². The Morgan fingerprint density at radius 1 is 1.44 bits per heavy atom. The Bertz CT molecular complexity index is 370. The second-order valence-corrected chi connectivity index (χ2v) is 3.97. The molecule has 1 rings (SSSR count). The van der Waals surface area contributed by atoms with Crippen LogP contribution in [0.15, 0.2) is 0 Å². The lowest BCUT2D eigenvalue weighted by atomic mass is 10.1. The number of hydrogen-bond acceptors (Lipinski definition) is 3. The average Bonchev–Trinajstić information content (AvgIpc) is 2.54. The first-order valence-electron chi connectivity index (χ1n) is 5.09. The highest BCUT2D eigenvalue weighted by Gasteiger charge is 2.40. The Morgan fingerprint density at radius 3 is 2.56 bits per heavy atom. The van der Waals surface area contributed by atoms with Gasteiger partial charge < -0.3 is 16.0 Å². The molecule has 0 aromatic carbocycles. The normalized spacial score (nSPS) is 20.1. The molecule has 1 unspecified atom stereocenters. The number of primary amides is 1. The van der Waals surface area contributed by atoms with E-state index in [0.717, 1.165) is 0 Å². The van der Waals surface area contributed by atoms with E-state index >= 15 is 0 Å². The van der Waals surface area contributed by atoms with E-state index < -0.39 is 42.9 Å². The summed E-state index contributed by atoms with van der Waals surface area (Å²) in [6.07, 6.45) is -4.78. The molecule has 0 spiro atoms. The predicted molar refractivity (Wildman–Crippen MR) is 52.9 cm³/mol. The minimum absolute atomic E-state index is 0.291. The number of nitrogens with zero attached hydrogens (tertiary/aromatic N) is 1. The summed E-state index contributed by atoms with van der Waals surface area (Å²) in [5.41, 5.74) is 4.80. The molecule has 102 valence electrons. The summed E-state index contributed by atoms with van der Waals surface area (Å²) < 4.78 is 36.3. The lowest BCUT2D eigenvalue weighted by molar-refractivity contribution is -0.157. The third-order valence-corrected chi connectivity index (χ3v) is 2.39. The van der Waals surface area contributed by atoms with Crippen molar-refractivity contribution in [3.63, 3.8) is 0 Å². The molecule has 3 amide bonds. The molecule has 0 aliphatic carbocycles. The minimum atomic E-state index is -4.49. The fraction of sp³-hybridized carbons (Fsp3) is 0.667. The van der Waals surface area contributed by atoms with Crippen molar-refractivity contribution in [1.82, 2.24) is 10.2 Å². The van der Waals surface area contributed by atoms with E-state index in [2.05, 4.69) is 5.32 Å². The number of carbonyl (C=O) groups excluding carboxylic acids is 3. The monoisotopic (exact) mass is 267 g/mol. The van der Waals surface area contributed by atoms with Crippen LogP contribution in [-0.2, 0) is 14.4 Å². The largest absolute Gasteiger partial charge is 0.406 e. The number of hydrogen-bond donors (Lipinski definition) is 2. The Labute approximate surface area is 100 Å². The maximum atomic E-state index is 12.1.